The van der Waals surface area contributed by atoms with Crippen LogP contribution in [-0.2, 0) is 23.2 Å². The number of halogens is 3. The number of ether oxygens (including phenoxy) is 2. The van der Waals surface area contributed by atoms with E-state index in [-0.39, 0.29) is 57.7 Å². The lowest BCUT2D eigenvalue weighted by atomic mass is 9.95. The summed E-state index contributed by atoms with van der Waals surface area (Å²) in [6.07, 6.45) is 3.29. The number of hydrogen-bond donors (Lipinski definition) is 0. The Balaban J connectivity index is 0.000000309. The summed E-state index contributed by atoms with van der Waals surface area (Å²) in [5.74, 6) is -0.983. The van der Waals surface area contributed by atoms with Crippen LogP contribution in [0.1, 0.15) is 91.8 Å². The molecule has 0 bridgehead atoms. The zero-order valence-corrected chi connectivity index (χ0v) is 46.3. The number of amides is 2. The van der Waals surface area contributed by atoms with E-state index in [1.807, 2.05) is 45.3 Å². The first-order valence-corrected chi connectivity index (χ1v) is 30.7. The highest BCUT2D eigenvalue weighted by atomic mass is 32.2. The van der Waals surface area contributed by atoms with Gasteiger partial charge in [0.25, 0.3) is 23.2 Å². The molecule has 0 N–H and O–H groups in total. The van der Waals surface area contributed by atoms with E-state index in [4.69, 9.17) is 18.3 Å². The molecule has 0 fully saturated rings. The Kier molecular flexibility index (Phi) is 18.4. The second kappa shape index (κ2) is 22.3. The van der Waals surface area contributed by atoms with Gasteiger partial charge in [-0.15, -0.1) is 0 Å². The van der Waals surface area contributed by atoms with Gasteiger partial charge in [0, 0.05) is 43.8 Å². The molecule has 2 atom stereocenters. The van der Waals surface area contributed by atoms with Crippen LogP contribution in [0.4, 0.5) is 24.5 Å². The van der Waals surface area contributed by atoms with Gasteiger partial charge in [-0.1, -0.05) is 47.6 Å². The van der Waals surface area contributed by atoms with E-state index in [0.29, 0.717) is 36.4 Å². The number of alkyl halides is 3. The van der Waals surface area contributed by atoms with Crippen LogP contribution in [0.25, 0.3) is 5.57 Å². The van der Waals surface area contributed by atoms with Crippen molar-refractivity contribution in [1.29, 1.82) is 0 Å². The number of nitrogens with zero attached hydrogens (tertiary/aromatic N) is 4. The summed E-state index contributed by atoms with van der Waals surface area (Å²) in [6.45, 7) is 24.2. The third-order valence-electron chi connectivity index (χ3n) is 13.5. The van der Waals surface area contributed by atoms with Gasteiger partial charge in [0.2, 0.25) is 0 Å². The molecule has 2 aromatic carbocycles. The molecule has 2 aliphatic heterocycles. The smallest absolute Gasteiger partial charge is 0.496 e. The number of thiophene rings is 1. The lowest BCUT2D eigenvalue weighted by Gasteiger charge is -2.40. The Morgan fingerprint density at radius 2 is 1.17 bits per heavy atom. The maximum Gasteiger partial charge on any atom is 0.534 e. The molecule has 0 radical (unpaired) electrons. The minimum Gasteiger partial charge on any atom is -0.496 e. The van der Waals surface area contributed by atoms with Gasteiger partial charge in [0.1, 0.15) is 28.4 Å². The fraction of sp³-hybridized carbons (Fsp3) is 0.532. The van der Waals surface area contributed by atoms with Crippen molar-refractivity contribution in [3.05, 3.63) is 107 Å². The van der Waals surface area contributed by atoms with Crippen LogP contribution in [0, 0.1) is 34.1 Å². The summed E-state index contributed by atoms with van der Waals surface area (Å²) in [5.41, 5.74) is -3.20. The van der Waals surface area contributed by atoms with Crippen LogP contribution in [0.15, 0.2) is 59.0 Å². The number of nitro groups is 2. The van der Waals surface area contributed by atoms with Crippen molar-refractivity contribution in [1.82, 2.24) is 9.80 Å². The predicted molar refractivity (Wildman–Crippen MR) is 270 cm³/mol. The third kappa shape index (κ3) is 13.9. The van der Waals surface area contributed by atoms with E-state index in [2.05, 4.69) is 49.5 Å². The van der Waals surface area contributed by atoms with E-state index in [1.165, 1.54) is 49.0 Å². The van der Waals surface area contributed by atoms with Crippen molar-refractivity contribution in [2.45, 2.75) is 122 Å². The normalized spacial score (nSPS) is 17.1. The van der Waals surface area contributed by atoms with Crippen molar-refractivity contribution in [2.75, 3.05) is 40.5 Å². The standard InChI is InChI=1S/C25H34N2O5SSi.C22H31F3N2O8SSi/c1-17-12-22(27(29)30)21(14-23(17)31-5)24(28)26-10-8-18(19-9-11-33-16-19)13-20(26)15-32-34(6,7)25(2,3)4;1-14-10-18(27(29)30)17(12-19(14)33-5)20(28)26-9-8-16(35-36(31,32)22(23,24)25)11-15(26)13-34-37(6,7)21(2,3)4/h8-9,11-12,14,16,20H,10,13,15H2,1-7H3;8,10,12,15H,9,11,13H2,1-7H3/t20-;15-/m00/s1. The fourth-order valence-electron chi connectivity index (χ4n) is 7.10. The summed E-state index contributed by atoms with van der Waals surface area (Å²) in [5, 5.41) is 27.4. The molecule has 0 saturated carbocycles. The summed E-state index contributed by atoms with van der Waals surface area (Å²) in [6, 6.07) is 6.20. The second-order valence-corrected chi connectivity index (χ2v) is 32.3. The van der Waals surface area contributed by atoms with Gasteiger partial charge in [0.15, 0.2) is 16.6 Å². The average molecular weight is 1070 g/mol. The lowest BCUT2D eigenvalue weighted by molar-refractivity contribution is -0.385. The van der Waals surface area contributed by atoms with Gasteiger partial charge in [-0.2, -0.15) is 32.9 Å². The fourth-order valence-corrected chi connectivity index (χ4v) is 10.4. The van der Waals surface area contributed by atoms with Crippen LogP contribution in [0.5, 0.6) is 11.5 Å². The third-order valence-corrected chi connectivity index (χ3v) is 24.2. The summed E-state index contributed by atoms with van der Waals surface area (Å²) < 4.78 is 89.3. The van der Waals surface area contributed by atoms with Crippen molar-refractivity contribution in [3.8, 4) is 11.5 Å². The topological polar surface area (TPSA) is 207 Å². The van der Waals surface area contributed by atoms with Crippen LogP contribution in [0.3, 0.4) is 0 Å². The lowest BCUT2D eigenvalue weighted by Crippen LogP contribution is -2.50. The average Bonchev–Trinajstić information content (AvgIpc) is 3.81. The summed E-state index contributed by atoms with van der Waals surface area (Å²) in [7, 11) is -7.55. The molecule has 0 unspecified atom stereocenters. The Labute approximate surface area is 419 Å². The molecule has 0 spiro atoms. The van der Waals surface area contributed by atoms with Crippen molar-refractivity contribution >= 4 is 66.9 Å². The molecule has 5 rings (SSSR count). The number of hydrogen-bond acceptors (Lipinski definition) is 14. The van der Waals surface area contributed by atoms with E-state index in [0.717, 1.165) is 11.6 Å². The van der Waals surface area contributed by atoms with Gasteiger partial charge in [-0.3, -0.25) is 29.8 Å². The SMILES string of the molecule is COc1cc(C(=O)N2CC=C(OS(=O)(=O)C(F)(F)F)C[C@H]2CO[Si](C)(C)C(C)(C)C)c([N+](=O)[O-])cc1C.COc1cc(C(=O)N2CC=C(c3ccsc3)C[C@H]2CO[Si](C)(C)C(C)(C)C)c([N+](=O)[O-])cc1C. The first kappa shape index (κ1) is 58.4. The van der Waals surface area contributed by atoms with Crippen LogP contribution in [0.2, 0.25) is 36.3 Å². The number of methoxy groups -OCH3 is 2. The molecule has 71 heavy (non-hydrogen) atoms. The minimum absolute atomic E-state index is 0.0334. The highest BCUT2D eigenvalue weighted by Crippen LogP contribution is 2.40. The largest absolute Gasteiger partial charge is 0.534 e. The van der Waals surface area contributed by atoms with Crippen molar-refractivity contribution in [2.24, 2.45) is 0 Å². The van der Waals surface area contributed by atoms with Crippen LogP contribution >= 0.6 is 11.3 Å². The van der Waals surface area contributed by atoms with E-state index >= 15 is 0 Å². The highest BCUT2D eigenvalue weighted by Gasteiger charge is 2.50. The summed E-state index contributed by atoms with van der Waals surface area (Å²) in [4.78, 5) is 52.4. The number of carbonyl (C=O) groups excluding carboxylic acids is 2. The zero-order chi connectivity index (χ0) is 53.8. The zero-order valence-electron chi connectivity index (χ0n) is 42.6. The van der Waals surface area contributed by atoms with E-state index in [9.17, 15) is 51.4 Å². The Bertz CT molecular complexity index is 2650. The molecule has 0 saturated heterocycles. The monoisotopic (exact) mass is 1070 g/mol. The molecule has 2 amide bonds. The van der Waals surface area contributed by atoms with Gasteiger partial charge >= 0.3 is 15.6 Å². The second-order valence-electron chi connectivity index (χ2n) is 20.4. The van der Waals surface area contributed by atoms with Crippen LogP contribution < -0.4 is 9.47 Å². The Hall–Kier alpha value is -5.15. The number of aryl methyl sites for hydroxylation is 2. The molecule has 17 nitrogen and oxygen atoms in total. The van der Waals surface area contributed by atoms with Crippen molar-refractivity contribution < 1.29 is 63.5 Å². The number of carbonyl (C=O) groups is 2. The summed E-state index contributed by atoms with van der Waals surface area (Å²) >= 11 is 1.64. The molecule has 2 aliphatic rings. The molecule has 24 heteroatoms. The number of nitro benzene ring substituents is 2. The van der Waals surface area contributed by atoms with Gasteiger partial charge in [-0.25, -0.2) is 0 Å². The number of benzene rings is 2. The Morgan fingerprint density at radius 1 is 0.746 bits per heavy atom. The first-order valence-electron chi connectivity index (χ1n) is 22.5. The van der Waals surface area contributed by atoms with E-state index < -0.39 is 71.9 Å². The quantitative estimate of drug-likeness (QED) is 0.0457. The highest BCUT2D eigenvalue weighted by molar-refractivity contribution is 7.87. The van der Waals surface area contributed by atoms with Gasteiger partial charge in [-0.05, 0) is 102 Å². The van der Waals surface area contributed by atoms with Gasteiger partial charge in [0.05, 0.1) is 49.4 Å². The molecule has 3 heterocycles. The molecule has 3 aromatic rings. The molecule has 392 valence electrons. The van der Waals surface area contributed by atoms with Crippen LogP contribution in [-0.4, -0.2) is 115 Å². The maximum absolute atomic E-state index is 13.7. The molecule has 1 aromatic heterocycles. The Morgan fingerprint density at radius 3 is 1.54 bits per heavy atom. The minimum atomic E-state index is -5.92. The maximum atomic E-state index is 13.7. The molecular formula is C47H65F3N4O13S2Si2. The molecule has 0 aliphatic carbocycles. The van der Waals surface area contributed by atoms with Gasteiger partial charge < -0.3 is 32.3 Å². The number of rotatable bonds is 15. The predicted octanol–water partition coefficient (Wildman–Crippen LogP) is 11.2. The van der Waals surface area contributed by atoms with E-state index in [1.54, 1.807) is 30.1 Å². The van der Waals surface area contributed by atoms with Crippen molar-refractivity contribution in [3.63, 3.8) is 0 Å². The molecular weight excluding hydrogens is 1010 g/mol. The first-order chi connectivity index (χ1) is 32.6.